The van der Waals surface area contributed by atoms with Crippen LogP contribution in [0.25, 0.3) is 0 Å². The van der Waals surface area contributed by atoms with Crippen molar-refractivity contribution in [2.45, 2.75) is 18.7 Å². The van der Waals surface area contributed by atoms with E-state index in [-0.39, 0.29) is 4.90 Å². The molecule has 0 atom stereocenters. The van der Waals surface area contributed by atoms with Gasteiger partial charge < -0.3 is 0 Å². The Morgan fingerprint density at radius 3 is 2.40 bits per heavy atom. The summed E-state index contributed by atoms with van der Waals surface area (Å²) in [4.78, 5) is 0.251. The smallest absolute Gasteiger partial charge is 0.262 e. The van der Waals surface area contributed by atoms with E-state index in [2.05, 4.69) is 20.7 Å². The molecule has 1 N–H and O–H groups in total. The summed E-state index contributed by atoms with van der Waals surface area (Å²) in [7, 11) is -3.62. The first-order chi connectivity index (χ1) is 9.29. The van der Waals surface area contributed by atoms with Gasteiger partial charge in [-0.15, -0.1) is 0 Å². The summed E-state index contributed by atoms with van der Waals surface area (Å²) in [5, 5.41) is 0.573. The van der Waals surface area contributed by atoms with Crippen LogP contribution in [-0.4, -0.2) is 8.42 Å². The summed E-state index contributed by atoms with van der Waals surface area (Å²) in [6.07, 6.45) is 0. The van der Waals surface area contributed by atoms with Gasteiger partial charge in [0, 0.05) is 9.50 Å². The lowest BCUT2D eigenvalue weighted by Crippen LogP contribution is -2.15. The molecule has 2 aromatic carbocycles. The van der Waals surface area contributed by atoms with Crippen molar-refractivity contribution in [3.63, 3.8) is 0 Å². The van der Waals surface area contributed by atoms with E-state index in [0.717, 1.165) is 10.0 Å². The molecule has 106 valence electrons. The predicted octanol–water partition coefficient (Wildman–Crippen LogP) is 4.52. The number of anilines is 1. The lowest BCUT2D eigenvalue weighted by molar-refractivity contribution is 0.600. The van der Waals surface area contributed by atoms with E-state index in [4.69, 9.17) is 11.6 Å². The molecule has 0 heterocycles. The normalized spacial score (nSPS) is 11.4. The molecular formula is C14H13BrClNO2S. The van der Waals surface area contributed by atoms with E-state index in [0.29, 0.717) is 16.3 Å². The molecule has 20 heavy (non-hydrogen) atoms. The number of halogens is 2. The molecule has 0 saturated heterocycles. The Morgan fingerprint density at radius 1 is 1.05 bits per heavy atom. The Kier molecular flexibility index (Phi) is 4.42. The third-order valence-corrected chi connectivity index (χ3v) is 5.11. The molecule has 0 bridgehead atoms. The Labute approximate surface area is 132 Å². The van der Waals surface area contributed by atoms with Crippen LogP contribution >= 0.6 is 27.5 Å². The first kappa shape index (κ1) is 15.4. The van der Waals surface area contributed by atoms with Crippen molar-refractivity contribution in [1.29, 1.82) is 0 Å². The first-order valence-electron chi connectivity index (χ1n) is 5.85. The second-order valence-corrected chi connectivity index (χ2v) is 7.48. The number of hydrogen-bond acceptors (Lipinski definition) is 2. The van der Waals surface area contributed by atoms with Crippen LogP contribution in [0.4, 0.5) is 5.69 Å². The number of rotatable bonds is 3. The summed E-state index contributed by atoms with van der Waals surface area (Å²) in [6, 6.07) is 10.2. The van der Waals surface area contributed by atoms with E-state index < -0.39 is 10.0 Å². The summed E-state index contributed by atoms with van der Waals surface area (Å²) in [5.74, 6) is 0. The zero-order chi connectivity index (χ0) is 14.9. The maximum Gasteiger partial charge on any atom is 0.262 e. The van der Waals surface area contributed by atoms with Gasteiger partial charge in [0.2, 0.25) is 0 Å². The Balaban J connectivity index is 2.43. The van der Waals surface area contributed by atoms with Gasteiger partial charge in [-0.05, 0) is 55.3 Å². The van der Waals surface area contributed by atoms with E-state index in [1.165, 1.54) is 0 Å². The molecule has 0 spiro atoms. The molecule has 6 heteroatoms. The van der Waals surface area contributed by atoms with Crippen molar-refractivity contribution in [3.05, 3.63) is 57.0 Å². The van der Waals surface area contributed by atoms with Gasteiger partial charge in [0.1, 0.15) is 0 Å². The zero-order valence-electron chi connectivity index (χ0n) is 10.9. The van der Waals surface area contributed by atoms with Crippen molar-refractivity contribution >= 4 is 43.2 Å². The summed E-state index contributed by atoms with van der Waals surface area (Å²) < 4.78 is 28.2. The van der Waals surface area contributed by atoms with E-state index >= 15 is 0 Å². The van der Waals surface area contributed by atoms with Crippen LogP contribution < -0.4 is 4.72 Å². The summed E-state index contributed by atoms with van der Waals surface area (Å²) in [6.45, 7) is 3.56. The topological polar surface area (TPSA) is 46.2 Å². The quantitative estimate of drug-likeness (QED) is 0.858. The van der Waals surface area contributed by atoms with Crippen molar-refractivity contribution in [2.75, 3.05) is 4.72 Å². The van der Waals surface area contributed by atoms with Crippen LogP contribution in [0.5, 0.6) is 0 Å². The minimum absolute atomic E-state index is 0.251. The number of sulfonamides is 1. The van der Waals surface area contributed by atoms with E-state index in [1.54, 1.807) is 44.2 Å². The summed E-state index contributed by atoms with van der Waals surface area (Å²) in [5.41, 5.74) is 1.98. The largest absolute Gasteiger partial charge is 0.279 e. The minimum Gasteiger partial charge on any atom is -0.279 e. The van der Waals surface area contributed by atoms with Gasteiger partial charge >= 0.3 is 0 Å². The van der Waals surface area contributed by atoms with Crippen LogP contribution in [-0.2, 0) is 10.0 Å². The second-order valence-electron chi connectivity index (χ2n) is 4.47. The van der Waals surface area contributed by atoms with Gasteiger partial charge in [-0.2, -0.15) is 0 Å². The highest BCUT2D eigenvalue weighted by Gasteiger charge is 2.18. The number of aryl methyl sites for hydroxylation is 2. The van der Waals surface area contributed by atoms with Crippen molar-refractivity contribution in [2.24, 2.45) is 0 Å². The first-order valence-corrected chi connectivity index (χ1v) is 8.50. The molecule has 0 radical (unpaired) electrons. The van der Waals surface area contributed by atoms with E-state index in [9.17, 15) is 8.42 Å². The lowest BCUT2D eigenvalue weighted by Gasteiger charge is -2.12. The highest BCUT2D eigenvalue weighted by molar-refractivity contribution is 9.10. The standard InChI is InChI=1S/C14H13BrClNO2S/c1-9-3-4-11(15)8-14(9)20(18,19)17-13-6-5-12(16)7-10(13)2/h3-8,17H,1-2H3. The maximum absolute atomic E-state index is 12.4. The Hall–Kier alpha value is -1.04. The predicted molar refractivity (Wildman–Crippen MR) is 85.9 cm³/mol. The van der Waals surface area contributed by atoms with Crippen LogP contribution in [0.15, 0.2) is 45.8 Å². The van der Waals surface area contributed by atoms with Crippen LogP contribution in [0.1, 0.15) is 11.1 Å². The van der Waals surface area contributed by atoms with Gasteiger partial charge in [-0.25, -0.2) is 8.42 Å². The molecule has 3 nitrogen and oxygen atoms in total. The SMILES string of the molecule is Cc1cc(Cl)ccc1NS(=O)(=O)c1cc(Br)ccc1C. The zero-order valence-corrected chi connectivity index (χ0v) is 14.1. The Bertz CT molecular complexity index is 760. The van der Waals surface area contributed by atoms with Gasteiger partial charge in [0.25, 0.3) is 10.0 Å². The number of benzene rings is 2. The molecule has 0 aromatic heterocycles. The number of hydrogen-bond donors (Lipinski definition) is 1. The van der Waals surface area contributed by atoms with Gasteiger partial charge in [-0.1, -0.05) is 33.6 Å². The van der Waals surface area contributed by atoms with Crippen molar-refractivity contribution in [3.8, 4) is 0 Å². The molecule has 2 aromatic rings. The summed E-state index contributed by atoms with van der Waals surface area (Å²) >= 11 is 9.16. The van der Waals surface area contributed by atoms with Gasteiger partial charge in [0.15, 0.2) is 0 Å². The number of nitrogens with one attached hydrogen (secondary N) is 1. The minimum atomic E-state index is -3.62. The molecule has 0 aliphatic carbocycles. The highest BCUT2D eigenvalue weighted by atomic mass is 79.9. The average Bonchev–Trinajstić information content (AvgIpc) is 2.35. The van der Waals surface area contributed by atoms with Gasteiger partial charge in [-0.3, -0.25) is 4.72 Å². The molecule has 0 fully saturated rings. The van der Waals surface area contributed by atoms with Crippen LogP contribution in [0, 0.1) is 13.8 Å². The molecule has 0 amide bonds. The molecule has 0 aliphatic rings. The molecule has 0 saturated carbocycles. The molecular weight excluding hydrogens is 362 g/mol. The average molecular weight is 375 g/mol. The second kappa shape index (κ2) is 5.76. The molecule has 2 rings (SSSR count). The van der Waals surface area contributed by atoms with E-state index in [1.807, 2.05) is 6.07 Å². The molecule has 0 aliphatic heterocycles. The van der Waals surface area contributed by atoms with Gasteiger partial charge in [0.05, 0.1) is 10.6 Å². The fraction of sp³-hybridized carbons (Fsp3) is 0.143. The highest BCUT2D eigenvalue weighted by Crippen LogP contribution is 2.25. The maximum atomic E-state index is 12.4. The fourth-order valence-corrected chi connectivity index (χ4v) is 3.95. The monoisotopic (exact) mass is 373 g/mol. The van der Waals surface area contributed by atoms with Crippen molar-refractivity contribution < 1.29 is 8.42 Å². The third kappa shape index (κ3) is 3.34. The third-order valence-electron chi connectivity index (χ3n) is 2.87. The lowest BCUT2D eigenvalue weighted by atomic mass is 10.2. The fourth-order valence-electron chi connectivity index (χ4n) is 1.80. The van der Waals surface area contributed by atoms with Crippen LogP contribution in [0.3, 0.4) is 0 Å². The molecule has 0 unspecified atom stereocenters. The van der Waals surface area contributed by atoms with Crippen molar-refractivity contribution in [1.82, 2.24) is 0 Å². The Morgan fingerprint density at radius 2 is 1.75 bits per heavy atom. The van der Waals surface area contributed by atoms with Crippen LogP contribution in [0.2, 0.25) is 5.02 Å².